The Labute approximate surface area is 221 Å². The van der Waals surface area contributed by atoms with Crippen LogP contribution in [0, 0.1) is 6.92 Å². The van der Waals surface area contributed by atoms with Gasteiger partial charge in [0.1, 0.15) is 0 Å². The number of hydrogen-bond donors (Lipinski definition) is 2. The number of aryl methyl sites for hydroxylation is 1. The number of carbonyl (C=O) groups is 1. The molecule has 2 N–H and O–H groups in total. The highest BCUT2D eigenvalue weighted by Crippen LogP contribution is 2.37. The molecule has 38 heavy (non-hydrogen) atoms. The monoisotopic (exact) mass is 504 g/mol. The highest BCUT2D eigenvalue weighted by Gasteiger charge is 2.18. The summed E-state index contributed by atoms with van der Waals surface area (Å²) in [6, 6.07) is 20.8. The number of nitrogens with zero attached hydrogens (tertiary/aromatic N) is 3. The van der Waals surface area contributed by atoms with Gasteiger partial charge in [0.05, 0.1) is 23.4 Å². The molecule has 0 amide bonds. The summed E-state index contributed by atoms with van der Waals surface area (Å²) in [5.41, 5.74) is 7.38. The van der Waals surface area contributed by atoms with Gasteiger partial charge in [-0.25, -0.2) is 14.8 Å². The molecule has 0 saturated heterocycles. The summed E-state index contributed by atoms with van der Waals surface area (Å²) >= 11 is 0. The van der Waals surface area contributed by atoms with E-state index in [1.165, 1.54) is 0 Å². The molecule has 0 aliphatic heterocycles. The lowest BCUT2D eigenvalue weighted by Gasteiger charge is -2.21. The molecule has 0 spiro atoms. The predicted molar refractivity (Wildman–Crippen MR) is 150 cm³/mol. The van der Waals surface area contributed by atoms with Crippen molar-refractivity contribution in [3.8, 4) is 28.3 Å². The van der Waals surface area contributed by atoms with Crippen LogP contribution in [0.4, 0.5) is 5.69 Å². The molecule has 1 unspecified atom stereocenters. The molecule has 190 valence electrons. The maximum atomic E-state index is 11.8. The Bertz CT molecular complexity index is 1600. The average molecular weight is 505 g/mol. The van der Waals surface area contributed by atoms with E-state index in [2.05, 4.69) is 33.5 Å². The van der Waals surface area contributed by atoms with Gasteiger partial charge in [0.15, 0.2) is 0 Å². The van der Waals surface area contributed by atoms with Crippen molar-refractivity contribution in [3.05, 3.63) is 102 Å². The van der Waals surface area contributed by atoms with E-state index < -0.39 is 5.97 Å². The number of hydrogen-bond acceptors (Lipinski definition) is 6. The topological polar surface area (TPSA) is 97.2 Å². The van der Waals surface area contributed by atoms with Crippen molar-refractivity contribution in [1.29, 1.82) is 0 Å². The Hall–Kier alpha value is -4.78. The summed E-state index contributed by atoms with van der Waals surface area (Å²) in [4.78, 5) is 25.6. The molecule has 0 radical (unpaired) electrons. The van der Waals surface area contributed by atoms with Crippen molar-refractivity contribution in [1.82, 2.24) is 15.0 Å². The summed E-state index contributed by atoms with van der Waals surface area (Å²) in [7, 11) is 0. The van der Waals surface area contributed by atoms with Crippen LogP contribution in [0.5, 0.6) is 5.88 Å². The Kier molecular flexibility index (Phi) is 7.00. The van der Waals surface area contributed by atoms with Crippen molar-refractivity contribution in [3.63, 3.8) is 0 Å². The van der Waals surface area contributed by atoms with Crippen LogP contribution in [-0.4, -0.2) is 32.6 Å². The molecule has 0 fully saturated rings. The van der Waals surface area contributed by atoms with Gasteiger partial charge < -0.3 is 15.2 Å². The number of aromatic carboxylic acids is 1. The molecule has 5 rings (SSSR count). The number of para-hydroxylation sites is 1. The number of carboxylic acids is 1. The van der Waals surface area contributed by atoms with Crippen LogP contribution in [0.25, 0.3) is 33.3 Å². The third-order valence-electron chi connectivity index (χ3n) is 6.40. The van der Waals surface area contributed by atoms with Gasteiger partial charge in [-0.2, -0.15) is 0 Å². The van der Waals surface area contributed by atoms with E-state index in [4.69, 9.17) is 9.72 Å². The maximum Gasteiger partial charge on any atom is 0.337 e. The van der Waals surface area contributed by atoms with Crippen LogP contribution in [0.3, 0.4) is 0 Å². The van der Waals surface area contributed by atoms with E-state index in [9.17, 15) is 9.90 Å². The molecule has 3 aromatic heterocycles. The lowest BCUT2D eigenvalue weighted by molar-refractivity contribution is 0.0698. The lowest BCUT2D eigenvalue weighted by Crippen LogP contribution is -2.11. The number of aromatic nitrogens is 3. The number of nitrogens with one attached hydrogen (secondary N) is 1. The molecule has 0 bridgehead atoms. The first-order valence-electron chi connectivity index (χ1n) is 12.5. The highest BCUT2D eigenvalue weighted by atomic mass is 16.5. The molecular formula is C31H28N4O3. The summed E-state index contributed by atoms with van der Waals surface area (Å²) in [6.07, 6.45) is 5.32. The van der Waals surface area contributed by atoms with Crippen LogP contribution in [0.1, 0.15) is 41.4 Å². The smallest absolute Gasteiger partial charge is 0.337 e. The Balaban J connectivity index is 1.67. The van der Waals surface area contributed by atoms with Crippen LogP contribution in [-0.2, 0) is 0 Å². The second-order valence-electron chi connectivity index (χ2n) is 9.08. The lowest BCUT2D eigenvalue weighted by atomic mass is 9.94. The minimum atomic E-state index is -0.969. The number of pyridine rings is 3. The number of benzene rings is 2. The molecule has 0 aliphatic carbocycles. The van der Waals surface area contributed by atoms with Crippen LogP contribution >= 0.6 is 0 Å². The average Bonchev–Trinajstić information content (AvgIpc) is 2.93. The van der Waals surface area contributed by atoms with Crippen LogP contribution in [0.2, 0.25) is 0 Å². The molecule has 2 aromatic carbocycles. The van der Waals surface area contributed by atoms with E-state index in [0.29, 0.717) is 18.2 Å². The normalized spacial score (nSPS) is 11.8. The van der Waals surface area contributed by atoms with E-state index in [-0.39, 0.29) is 11.6 Å². The molecule has 3 heterocycles. The van der Waals surface area contributed by atoms with Crippen molar-refractivity contribution < 1.29 is 14.6 Å². The number of ether oxygens (including phenoxy) is 1. The minimum absolute atomic E-state index is 0.183. The first-order valence-corrected chi connectivity index (χ1v) is 12.5. The van der Waals surface area contributed by atoms with Gasteiger partial charge in [-0.1, -0.05) is 18.2 Å². The quantitative estimate of drug-likeness (QED) is 0.236. The molecule has 0 aliphatic rings. The number of anilines is 1. The highest BCUT2D eigenvalue weighted by molar-refractivity contribution is 5.95. The number of rotatable bonds is 8. The Morgan fingerprint density at radius 3 is 2.53 bits per heavy atom. The summed E-state index contributed by atoms with van der Waals surface area (Å²) in [5, 5.41) is 14.0. The summed E-state index contributed by atoms with van der Waals surface area (Å²) in [6.45, 7) is 6.55. The molecule has 1 atom stereocenters. The van der Waals surface area contributed by atoms with E-state index in [1.54, 1.807) is 36.8 Å². The largest absolute Gasteiger partial charge is 0.478 e. The van der Waals surface area contributed by atoms with Crippen molar-refractivity contribution in [2.75, 3.05) is 11.9 Å². The van der Waals surface area contributed by atoms with Gasteiger partial charge in [-0.3, -0.25) is 4.98 Å². The van der Waals surface area contributed by atoms with Gasteiger partial charge >= 0.3 is 5.97 Å². The fraction of sp³-hybridized carbons (Fsp3) is 0.161. The van der Waals surface area contributed by atoms with Crippen molar-refractivity contribution in [2.45, 2.75) is 26.8 Å². The van der Waals surface area contributed by atoms with Gasteiger partial charge in [0.2, 0.25) is 5.88 Å². The minimum Gasteiger partial charge on any atom is -0.478 e. The molecule has 0 saturated carbocycles. The van der Waals surface area contributed by atoms with Crippen molar-refractivity contribution in [2.24, 2.45) is 0 Å². The second kappa shape index (κ2) is 10.7. The standard InChI is InChI=1S/C31H28N4O3/c1-4-38-29-10-9-22(18-33-29)25-17-26-24(20(3)34-27-8-6-5-7-23(27)31(36)37)15-19(2)16-28(26)35-30(25)21-11-13-32-14-12-21/h5-18,20,34H,4H2,1-3H3,(H,36,37). The second-order valence-corrected chi connectivity index (χ2v) is 9.08. The van der Waals surface area contributed by atoms with Gasteiger partial charge in [0.25, 0.3) is 0 Å². The zero-order valence-corrected chi connectivity index (χ0v) is 21.5. The fourth-order valence-corrected chi connectivity index (χ4v) is 4.64. The first kappa shape index (κ1) is 24.9. The van der Waals surface area contributed by atoms with E-state index in [0.717, 1.165) is 44.4 Å². The first-order chi connectivity index (χ1) is 18.4. The Morgan fingerprint density at radius 1 is 1.03 bits per heavy atom. The fourth-order valence-electron chi connectivity index (χ4n) is 4.64. The van der Waals surface area contributed by atoms with E-state index in [1.807, 2.05) is 51.1 Å². The number of fused-ring (bicyclic) bond motifs is 1. The zero-order valence-electron chi connectivity index (χ0n) is 21.5. The molecule has 7 nitrogen and oxygen atoms in total. The maximum absolute atomic E-state index is 11.8. The van der Waals surface area contributed by atoms with E-state index >= 15 is 0 Å². The number of carboxylic acid groups (broad SMARTS) is 1. The zero-order chi connectivity index (χ0) is 26.6. The summed E-state index contributed by atoms with van der Waals surface area (Å²) in [5.74, 6) is -0.398. The molecule has 7 heteroatoms. The summed E-state index contributed by atoms with van der Waals surface area (Å²) < 4.78 is 5.54. The third kappa shape index (κ3) is 5.04. The van der Waals surface area contributed by atoms with Gasteiger partial charge in [-0.05, 0) is 74.4 Å². The van der Waals surface area contributed by atoms with Crippen LogP contribution in [0.15, 0.2) is 85.3 Å². The van der Waals surface area contributed by atoms with Crippen molar-refractivity contribution >= 4 is 22.6 Å². The Morgan fingerprint density at radius 2 is 1.82 bits per heavy atom. The SMILES string of the molecule is CCOc1ccc(-c2cc3c(C(C)Nc4ccccc4C(=O)O)cc(C)cc3nc2-c2ccncc2)cn1. The third-order valence-corrected chi connectivity index (χ3v) is 6.40. The van der Waals surface area contributed by atoms with Crippen LogP contribution < -0.4 is 10.1 Å². The molecular weight excluding hydrogens is 476 g/mol. The molecule has 5 aromatic rings. The predicted octanol–water partition coefficient (Wildman–Crippen LogP) is 6.94. The van der Waals surface area contributed by atoms with Gasteiger partial charge in [0, 0.05) is 58.5 Å². The van der Waals surface area contributed by atoms with Gasteiger partial charge in [-0.15, -0.1) is 0 Å².